The van der Waals surface area contributed by atoms with Crippen LogP contribution in [0.4, 0.5) is 0 Å². The van der Waals surface area contributed by atoms with Crippen molar-refractivity contribution in [2.45, 2.75) is 13.3 Å². The second-order valence-electron chi connectivity index (χ2n) is 4.67. The molecule has 2 aromatic carbocycles. The van der Waals surface area contributed by atoms with Crippen LogP contribution in [0.2, 0.25) is 0 Å². The van der Waals surface area contributed by atoms with Gasteiger partial charge >= 0.3 is 5.97 Å². The van der Waals surface area contributed by atoms with Crippen LogP contribution in [0.15, 0.2) is 42.5 Å². The summed E-state index contributed by atoms with van der Waals surface area (Å²) in [4.78, 5) is 11.7. The third-order valence-electron chi connectivity index (χ3n) is 3.27. The molecule has 0 spiro atoms. The second-order valence-corrected chi connectivity index (χ2v) is 4.67. The van der Waals surface area contributed by atoms with Crippen LogP contribution in [0, 0.1) is 6.92 Å². The number of aryl methyl sites for hydroxylation is 1. The van der Waals surface area contributed by atoms with Gasteiger partial charge in [0.15, 0.2) is 0 Å². The minimum atomic E-state index is -0.293. The van der Waals surface area contributed by atoms with Crippen molar-refractivity contribution in [1.29, 1.82) is 0 Å². The number of methoxy groups -OCH3 is 2. The van der Waals surface area contributed by atoms with E-state index in [0.29, 0.717) is 5.56 Å². The van der Waals surface area contributed by atoms with E-state index >= 15 is 0 Å². The zero-order valence-corrected chi connectivity index (χ0v) is 12.0. The SMILES string of the molecule is COC(=O)c1cc(Cc2ccc(OC)cc2)ccc1C. The van der Waals surface area contributed by atoms with Crippen LogP contribution in [-0.4, -0.2) is 20.2 Å². The minimum absolute atomic E-state index is 0.293. The average molecular weight is 270 g/mol. The summed E-state index contributed by atoms with van der Waals surface area (Å²) in [6, 6.07) is 13.8. The maximum atomic E-state index is 11.7. The first kappa shape index (κ1) is 14.1. The molecule has 3 nitrogen and oxygen atoms in total. The Kier molecular flexibility index (Phi) is 4.41. The van der Waals surface area contributed by atoms with E-state index in [4.69, 9.17) is 9.47 Å². The van der Waals surface area contributed by atoms with Gasteiger partial charge in [-0.15, -0.1) is 0 Å². The number of esters is 1. The highest BCUT2D eigenvalue weighted by Crippen LogP contribution is 2.18. The molecule has 0 saturated carbocycles. The Labute approximate surface area is 119 Å². The molecule has 0 bridgehead atoms. The van der Waals surface area contributed by atoms with Crippen LogP contribution in [-0.2, 0) is 11.2 Å². The average Bonchev–Trinajstić information content (AvgIpc) is 2.49. The number of carbonyl (C=O) groups excluding carboxylic acids is 1. The standard InChI is InChI=1S/C17H18O3/c1-12-4-5-14(11-16(12)17(18)20-3)10-13-6-8-15(19-2)9-7-13/h4-9,11H,10H2,1-3H3. The van der Waals surface area contributed by atoms with E-state index in [9.17, 15) is 4.79 Å². The summed E-state index contributed by atoms with van der Waals surface area (Å²) in [5, 5.41) is 0. The number of hydrogen-bond donors (Lipinski definition) is 0. The van der Waals surface area contributed by atoms with Crippen molar-refractivity contribution in [1.82, 2.24) is 0 Å². The van der Waals surface area contributed by atoms with Gasteiger partial charge in [-0.05, 0) is 48.2 Å². The largest absolute Gasteiger partial charge is 0.497 e. The van der Waals surface area contributed by atoms with E-state index in [2.05, 4.69) is 0 Å². The lowest BCUT2D eigenvalue weighted by atomic mass is 10.00. The molecule has 104 valence electrons. The van der Waals surface area contributed by atoms with Crippen molar-refractivity contribution < 1.29 is 14.3 Å². The molecule has 0 aliphatic carbocycles. The summed E-state index contributed by atoms with van der Waals surface area (Å²) in [7, 11) is 3.05. The second kappa shape index (κ2) is 6.24. The Morgan fingerprint density at radius 2 is 1.65 bits per heavy atom. The van der Waals surface area contributed by atoms with Crippen molar-refractivity contribution in [3.05, 3.63) is 64.7 Å². The van der Waals surface area contributed by atoms with Gasteiger partial charge in [0.2, 0.25) is 0 Å². The Balaban J connectivity index is 2.22. The molecule has 0 aliphatic rings. The fourth-order valence-corrected chi connectivity index (χ4v) is 2.09. The molecule has 0 atom stereocenters. The van der Waals surface area contributed by atoms with Crippen molar-refractivity contribution in [2.24, 2.45) is 0 Å². The fourth-order valence-electron chi connectivity index (χ4n) is 2.09. The highest BCUT2D eigenvalue weighted by molar-refractivity contribution is 5.91. The third-order valence-corrected chi connectivity index (χ3v) is 3.27. The van der Waals surface area contributed by atoms with E-state index in [1.165, 1.54) is 12.7 Å². The van der Waals surface area contributed by atoms with Crippen LogP contribution >= 0.6 is 0 Å². The van der Waals surface area contributed by atoms with E-state index in [-0.39, 0.29) is 5.97 Å². The predicted molar refractivity (Wildman–Crippen MR) is 78.3 cm³/mol. The summed E-state index contributed by atoms with van der Waals surface area (Å²) >= 11 is 0. The molecular formula is C17H18O3. The minimum Gasteiger partial charge on any atom is -0.497 e. The molecule has 20 heavy (non-hydrogen) atoms. The number of benzene rings is 2. The van der Waals surface area contributed by atoms with Crippen molar-refractivity contribution >= 4 is 5.97 Å². The summed E-state index contributed by atoms with van der Waals surface area (Å²) in [6.07, 6.45) is 0.772. The van der Waals surface area contributed by atoms with Gasteiger partial charge in [-0.25, -0.2) is 4.79 Å². The van der Waals surface area contributed by atoms with Crippen LogP contribution in [0.3, 0.4) is 0 Å². The van der Waals surface area contributed by atoms with Gasteiger partial charge in [0.25, 0.3) is 0 Å². The van der Waals surface area contributed by atoms with Crippen LogP contribution in [0.5, 0.6) is 5.75 Å². The Morgan fingerprint density at radius 1 is 1.00 bits per heavy atom. The zero-order valence-electron chi connectivity index (χ0n) is 12.0. The molecule has 0 fully saturated rings. The lowest BCUT2D eigenvalue weighted by Crippen LogP contribution is -2.04. The smallest absolute Gasteiger partial charge is 0.338 e. The van der Waals surface area contributed by atoms with Crippen LogP contribution in [0.25, 0.3) is 0 Å². The number of ether oxygens (including phenoxy) is 2. The summed E-state index contributed by atoms with van der Waals surface area (Å²) in [5.41, 5.74) is 3.81. The highest BCUT2D eigenvalue weighted by atomic mass is 16.5. The Bertz CT molecular complexity index is 600. The summed E-state index contributed by atoms with van der Waals surface area (Å²) in [6.45, 7) is 1.91. The number of hydrogen-bond acceptors (Lipinski definition) is 3. The molecule has 3 heteroatoms. The lowest BCUT2D eigenvalue weighted by Gasteiger charge is -2.08. The van der Waals surface area contributed by atoms with E-state index in [0.717, 1.165) is 23.3 Å². The third kappa shape index (κ3) is 3.18. The Hall–Kier alpha value is -2.29. The lowest BCUT2D eigenvalue weighted by molar-refractivity contribution is 0.0600. The molecule has 0 saturated heterocycles. The predicted octanol–water partition coefficient (Wildman–Crippen LogP) is 3.38. The molecule has 0 radical (unpaired) electrons. The summed E-state index contributed by atoms with van der Waals surface area (Å²) < 4.78 is 9.94. The first-order valence-electron chi connectivity index (χ1n) is 6.45. The van der Waals surface area contributed by atoms with Gasteiger partial charge in [-0.3, -0.25) is 0 Å². The first-order chi connectivity index (χ1) is 9.63. The monoisotopic (exact) mass is 270 g/mol. The van der Waals surface area contributed by atoms with Gasteiger partial charge in [-0.1, -0.05) is 24.3 Å². The molecule has 0 amide bonds. The number of rotatable bonds is 4. The van der Waals surface area contributed by atoms with Gasteiger partial charge < -0.3 is 9.47 Å². The molecule has 2 aromatic rings. The Morgan fingerprint density at radius 3 is 2.25 bits per heavy atom. The van der Waals surface area contributed by atoms with E-state index < -0.39 is 0 Å². The summed E-state index contributed by atoms with van der Waals surface area (Å²) in [5.74, 6) is 0.548. The van der Waals surface area contributed by atoms with Crippen LogP contribution in [0.1, 0.15) is 27.0 Å². The molecule has 0 unspecified atom stereocenters. The molecule has 2 rings (SSSR count). The van der Waals surface area contributed by atoms with Crippen LogP contribution < -0.4 is 4.74 Å². The van der Waals surface area contributed by atoms with Gasteiger partial charge in [0, 0.05) is 0 Å². The van der Waals surface area contributed by atoms with Gasteiger partial charge in [0.05, 0.1) is 19.8 Å². The maximum Gasteiger partial charge on any atom is 0.338 e. The first-order valence-corrected chi connectivity index (χ1v) is 6.45. The zero-order chi connectivity index (χ0) is 14.5. The topological polar surface area (TPSA) is 35.5 Å². The molecule has 0 N–H and O–H groups in total. The molecule has 0 aromatic heterocycles. The van der Waals surface area contributed by atoms with Crippen molar-refractivity contribution in [3.8, 4) is 5.75 Å². The van der Waals surface area contributed by atoms with E-state index in [1.807, 2.05) is 49.4 Å². The van der Waals surface area contributed by atoms with E-state index in [1.54, 1.807) is 7.11 Å². The fraction of sp³-hybridized carbons (Fsp3) is 0.235. The maximum absolute atomic E-state index is 11.7. The van der Waals surface area contributed by atoms with Gasteiger partial charge in [-0.2, -0.15) is 0 Å². The highest BCUT2D eigenvalue weighted by Gasteiger charge is 2.10. The van der Waals surface area contributed by atoms with Crippen molar-refractivity contribution in [3.63, 3.8) is 0 Å². The normalized spacial score (nSPS) is 10.2. The quantitative estimate of drug-likeness (QED) is 0.799. The number of carbonyl (C=O) groups is 1. The molecular weight excluding hydrogens is 252 g/mol. The van der Waals surface area contributed by atoms with Gasteiger partial charge in [0.1, 0.15) is 5.75 Å². The van der Waals surface area contributed by atoms with Crippen molar-refractivity contribution in [2.75, 3.05) is 14.2 Å². The molecule has 0 aliphatic heterocycles. The molecule has 0 heterocycles.